The molecule has 0 unspecified atom stereocenters. The fourth-order valence-corrected chi connectivity index (χ4v) is 3.20. The van der Waals surface area contributed by atoms with Crippen molar-refractivity contribution < 1.29 is 4.79 Å². The van der Waals surface area contributed by atoms with Crippen LogP contribution in [0.2, 0.25) is 10.0 Å². The molecule has 2 rings (SSSR count). The molecule has 3 N–H and O–H groups in total. The second kappa shape index (κ2) is 5.65. The van der Waals surface area contributed by atoms with E-state index in [9.17, 15) is 4.79 Å². The van der Waals surface area contributed by atoms with Gasteiger partial charge in [0, 0.05) is 0 Å². The van der Waals surface area contributed by atoms with Gasteiger partial charge in [0.2, 0.25) is 5.91 Å². The first-order valence-corrected chi connectivity index (χ1v) is 7.19. The van der Waals surface area contributed by atoms with Gasteiger partial charge in [-0.3, -0.25) is 4.79 Å². The summed E-state index contributed by atoms with van der Waals surface area (Å²) in [6.45, 7) is 0. The van der Waals surface area contributed by atoms with Gasteiger partial charge in [-0.25, -0.2) is 0 Å². The minimum atomic E-state index is -0.766. The van der Waals surface area contributed by atoms with Gasteiger partial charge in [0.05, 0.1) is 26.1 Å². The summed E-state index contributed by atoms with van der Waals surface area (Å²) in [7, 11) is 0. The average Bonchev–Trinajstić information content (AvgIpc) is 2.84. The van der Waals surface area contributed by atoms with Gasteiger partial charge in [-0.15, -0.1) is 0 Å². The van der Waals surface area contributed by atoms with Gasteiger partial charge in [0.1, 0.15) is 0 Å². The molecule has 1 amide bonds. The smallest absolute Gasteiger partial charge is 0.237 e. The van der Waals surface area contributed by atoms with E-state index in [4.69, 9.17) is 41.2 Å². The average molecular weight is 317 g/mol. The third-order valence-corrected chi connectivity index (χ3v) is 4.59. The number of hydrogen-bond acceptors (Lipinski definition) is 2. The molecule has 3 nitrogen and oxygen atoms in total. The molecular formula is C13H14Cl2N2OS. The molecule has 0 spiro atoms. The Morgan fingerprint density at radius 2 is 1.79 bits per heavy atom. The number of nitrogens with one attached hydrogen (secondary N) is 1. The van der Waals surface area contributed by atoms with Crippen molar-refractivity contribution in [2.45, 2.75) is 25.7 Å². The Bertz CT molecular complexity index is 507. The SMILES string of the molecule is NC(=S)C1(C(=O)Nc2c(Cl)cccc2Cl)CCCC1. The number of rotatable bonds is 3. The fourth-order valence-electron chi connectivity index (χ4n) is 2.41. The standard InChI is InChI=1S/C13H14Cl2N2OS/c14-8-4-3-5-9(15)10(8)17-12(18)13(11(16)19)6-1-2-7-13/h3-5H,1-2,6-7H2,(H2,16,19)(H,17,18). The molecule has 1 aromatic rings. The number of hydrogen-bond donors (Lipinski definition) is 2. The summed E-state index contributed by atoms with van der Waals surface area (Å²) >= 11 is 17.2. The third kappa shape index (κ3) is 2.71. The first-order chi connectivity index (χ1) is 8.97. The van der Waals surface area contributed by atoms with Gasteiger partial charge in [-0.2, -0.15) is 0 Å². The van der Waals surface area contributed by atoms with Gasteiger partial charge in [0.15, 0.2) is 0 Å². The zero-order valence-electron chi connectivity index (χ0n) is 10.2. The highest BCUT2D eigenvalue weighted by Crippen LogP contribution is 2.40. The minimum Gasteiger partial charge on any atom is -0.392 e. The van der Waals surface area contributed by atoms with Crippen molar-refractivity contribution in [2.24, 2.45) is 11.1 Å². The van der Waals surface area contributed by atoms with E-state index in [-0.39, 0.29) is 10.9 Å². The van der Waals surface area contributed by atoms with Crippen molar-refractivity contribution in [1.82, 2.24) is 0 Å². The summed E-state index contributed by atoms with van der Waals surface area (Å²) in [6, 6.07) is 5.06. The lowest BCUT2D eigenvalue weighted by molar-refractivity contribution is -0.122. The summed E-state index contributed by atoms with van der Waals surface area (Å²) < 4.78 is 0. The second-order valence-corrected chi connectivity index (χ2v) is 5.96. The van der Waals surface area contributed by atoms with Crippen molar-refractivity contribution in [3.63, 3.8) is 0 Å². The Balaban J connectivity index is 2.28. The molecule has 0 aromatic heterocycles. The van der Waals surface area contributed by atoms with Crippen LogP contribution < -0.4 is 11.1 Å². The number of amides is 1. The molecule has 0 bridgehead atoms. The van der Waals surface area contributed by atoms with E-state index in [1.54, 1.807) is 18.2 Å². The van der Waals surface area contributed by atoms with Crippen LogP contribution in [0.25, 0.3) is 0 Å². The van der Waals surface area contributed by atoms with Gasteiger partial charge in [0.25, 0.3) is 0 Å². The number of carbonyl (C=O) groups is 1. The van der Waals surface area contributed by atoms with Crippen molar-refractivity contribution in [2.75, 3.05) is 5.32 Å². The van der Waals surface area contributed by atoms with E-state index >= 15 is 0 Å². The van der Waals surface area contributed by atoms with Crippen LogP contribution in [0.5, 0.6) is 0 Å². The lowest BCUT2D eigenvalue weighted by Gasteiger charge is -2.26. The van der Waals surface area contributed by atoms with E-state index in [0.29, 0.717) is 28.6 Å². The Morgan fingerprint density at radius 3 is 2.26 bits per heavy atom. The molecule has 0 heterocycles. The number of anilines is 1. The fraction of sp³-hybridized carbons (Fsp3) is 0.385. The summed E-state index contributed by atoms with van der Waals surface area (Å²) in [5.74, 6) is -0.215. The molecule has 1 aromatic carbocycles. The zero-order chi connectivity index (χ0) is 14.0. The van der Waals surface area contributed by atoms with E-state index in [0.717, 1.165) is 12.8 Å². The van der Waals surface area contributed by atoms with Gasteiger partial charge in [-0.1, -0.05) is 54.3 Å². The maximum absolute atomic E-state index is 12.5. The maximum Gasteiger partial charge on any atom is 0.237 e. The predicted octanol–water partition coefficient (Wildman–Crippen LogP) is 3.78. The molecule has 19 heavy (non-hydrogen) atoms. The molecule has 1 fully saturated rings. The molecule has 0 atom stereocenters. The van der Waals surface area contributed by atoms with Crippen molar-refractivity contribution >= 4 is 52.0 Å². The van der Waals surface area contributed by atoms with Crippen LogP contribution in [0.15, 0.2) is 18.2 Å². The predicted molar refractivity (Wildman–Crippen MR) is 82.8 cm³/mol. The normalized spacial score (nSPS) is 17.2. The Morgan fingerprint density at radius 1 is 1.26 bits per heavy atom. The number of thiocarbonyl (C=S) groups is 1. The number of halogens is 2. The maximum atomic E-state index is 12.5. The lowest BCUT2D eigenvalue weighted by atomic mass is 9.85. The van der Waals surface area contributed by atoms with Crippen LogP contribution in [-0.2, 0) is 4.79 Å². The first kappa shape index (κ1) is 14.6. The highest BCUT2D eigenvalue weighted by molar-refractivity contribution is 7.80. The first-order valence-electron chi connectivity index (χ1n) is 6.03. The van der Waals surface area contributed by atoms with Crippen LogP contribution in [0.1, 0.15) is 25.7 Å². The van der Waals surface area contributed by atoms with Gasteiger partial charge in [-0.05, 0) is 25.0 Å². The summed E-state index contributed by atoms with van der Waals surface area (Å²) in [4.78, 5) is 12.7. The highest BCUT2D eigenvalue weighted by Gasteiger charge is 2.44. The second-order valence-electron chi connectivity index (χ2n) is 4.70. The van der Waals surface area contributed by atoms with Crippen LogP contribution in [0, 0.1) is 5.41 Å². The van der Waals surface area contributed by atoms with Crippen LogP contribution >= 0.6 is 35.4 Å². The third-order valence-electron chi connectivity index (χ3n) is 3.56. The summed E-state index contributed by atoms with van der Waals surface area (Å²) in [5, 5.41) is 3.57. The van der Waals surface area contributed by atoms with E-state index in [1.165, 1.54) is 0 Å². The largest absolute Gasteiger partial charge is 0.392 e. The highest BCUT2D eigenvalue weighted by atomic mass is 35.5. The monoisotopic (exact) mass is 316 g/mol. The van der Waals surface area contributed by atoms with Crippen LogP contribution in [0.3, 0.4) is 0 Å². The van der Waals surface area contributed by atoms with E-state index < -0.39 is 5.41 Å². The van der Waals surface area contributed by atoms with E-state index in [2.05, 4.69) is 5.32 Å². The number of para-hydroxylation sites is 1. The number of carbonyl (C=O) groups excluding carboxylic acids is 1. The minimum absolute atomic E-state index is 0.215. The van der Waals surface area contributed by atoms with E-state index in [1.807, 2.05) is 0 Å². The Labute approximate surface area is 127 Å². The molecule has 1 aliphatic rings. The molecule has 1 saturated carbocycles. The van der Waals surface area contributed by atoms with Crippen molar-refractivity contribution in [3.05, 3.63) is 28.2 Å². The number of nitrogens with two attached hydrogens (primary N) is 1. The summed E-state index contributed by atoms with van der Waals surface area (Å²) in [5.41, 5.74) is 5.42. The molecule has 0 radical (unpaired) electrons. The molecule has 6 heteroatoms. The topological polar surface area (TPSA) is 55.1 Å². The summed E-state index contributed by atoms with van der Waals surface area (Å²) in [6.07, 6.45) is 3.24. The number of benzene rings is 1. The van der Waals surface area contributed by atoms with Crippen molar-refractivity contribution in [1.29, 1.82) is 0 Å². The van der Waals surface area contributed by atoms with Crippen LogP contribution in [-0.4, -0.2) is 10.9 Å². The van der Waals surface area contributed by atoms with Crippen molar-refractivity contribution in [3.8, 4) is 0 Å². The molecule has 1 aliphatic carbocycles. The van der Waals surface area contributed by atoms with Gasteiger partial charge < -0.3 is 11.1 Å². The van der Waals surface area contributed by atoms with Crippen LogP contribution in [0.4, 0.5) is 5.69 Å². The zero-order valence-corrected chi connectivity index (χ0v) is 12.5. The Hall–Kier alpha value is -0.840. The lowest BCUT2D eigenvalue weighted by Crippen LogP contribution is -2.44. The van der Waals surface area contributed by atoms with Gasteiger partial charge >= 0.3 is 0 Å². The quantitative estimate of drug-likeness (QED) is 0.834. The molecular weight excluding hydrogens is 303 g/mol. The molecule has 0 aliphatic heterocycles. The molecule has 0 saturated heterocycles. The molecule has 102 valence electrons. The Kier molecular flexibility index (Phi) is 4.33.